The molecule has 0 amide bonds. The molecule has 3 heterocycles. The monoisotopic (exact) mass is 454 g/mol. The molecule has 0 aliphatic carbocycles. The molecule has 128 valence electrons. The summed E-state index contributed by atoms with van der Waals surface area (Å²) in [6, 6.07) is 11.8. The van der Waals surface area contributed by atoms with E-state index in [0.29, 0.717) is 10.2 Å². The summed E-state index contributed by atoms with van der Waals surface area (Å²) in [5.41, 5.74) is 0.578. The van der Waals surface area contributed by atoms with Crippen LogP contribution in [0.15, 0.2) is 55.7 Å². The fourth-order valence-corrected chi connectivity index (χ4v) is 6.09. The first-order valence-corrected chi connectivity index (χ1v) is 11.1. The lowest BCUT2D eigenvalue weighted by Crippen LogP contribution is -2.11. The fraction of sp³-hybridized carbons (Fsp3) is 0.0625. The Morgan fingerprint density at radius 3 is 2.72 bits per heavy atom. The van der Waals surface area contributed by atoms with Gasteiger partial charge in [-0.05, 0) is 46.4 Å². The molecule has 0 atom stereocenters. The summed E-state index contributed by atoms with van der Waals surface area (Å²) in [4.78, 5) is 2.16. The number of nitrogens with one attached hydrogen (secondary N) is 1. The molecule has 5 nitrogen and oxygen atoms in total. The summed E-state index contributed by atoms with van der Waals surface area (Å²) < 4.78 is 34.2. The van der Waals surface area contributed by atoms with Crippen molar-refractivity contribution in [2.75, 3.05) is 4.72 Å². The lowest BCUT2D eigenvalue weighted by atomic mass is 10.2. The van der Waals surface area contributed by atoms with E-state index < -0.39 is 10.0 Å². The van der Waals surface area contributed by atoms with Gasteiger partial charge in [-0.15, -0.1) is 22.7 Å². The van der Waals surface area contributed by atoms with Gasteiger partial charge in [0.15, 0.2) is 0 Å². The first-order valence-electron chi connectivity index (χ1n) is 7.16. The summed E-state index contributed by atoms with van der Waals surface area (Å²) in [5, 5.41) is 6.50. The average Bonchev–Trinajstić information content (AvgIpc) is 3.29. The Balaban J connectivity index is 1.67. The fourth-order valence-electron chi connectivity index (χ4n) is 2.30. The number of hydrogen-bond donors (Lipinski definition) is 1. The van der Waals surface area contributed by atoms with Crippen molar-refractivity contribution in [1.82, 2.24) is 5.16 Å². The first kappa shape index (κ1) is 16.8. The lowest BCUT2D eigenvalue weighted by molar-refractivity contribution is 0.430. The molecule has 0 fully saturated rings. The molecule has 3 aromatic heterocycles. The smallest absolute Gasteiger partial charge is 0.265 e. The molecular formula is C16H11BrN2O3S3. The van der Waals surface area contributed by atoms with Crippen LogP contribution in [0.1, 0.15) is 5.69 Å². The SMILES string of the molecule is Cc1noc(NS(=O)(=O)c2csc(-c3cc4ccccc4s3)c2)c1Br. The number of benzene rings is 1. The number of sulfonamides is 1. The van der Waals surface area contributed by atoms with E-state index in [4.69, 9.17) is 4.52 Å². The molecule has 0 aliphatic rings. The first-order chi connectivity index (χ1) is 11.9. The van der Waals surface area contributed by atoms with Crippen LogP contribution in [0.2, 0.25) is 0 Å². The quantitative estimate of drug-likeness (QED) is 0.442. The van der Waals surface area contributed by atoms with Crippen LogP contribution in [0.5, 0.6) is 0 Å². The number of aromatic nitrogens is 1. The Labute approximate surface area is 160 Å². The number of anilines is 1. The van der Waals surface area contributed by atoms with Crippen molar-refractivity contribution in [3.63, 3.8) is 0 Å². The molecule has 0 bridgehead atoms. The molecule has 0 saturated heterocycles. The van der Waals surface area contributed by atoms with E-state index in [2.05, 4.69) is 37.9 Å². The second kappa shape index (κ2) is 6.24. The van der Waals surface area contributed by atoms with Crippen molar-refractivity contribution in [2.24, 2.45) is 0 Å². The van der Waals surface area contributed by atoms with Gasteiger partial charge >= 0.3 is 0 Å². The zero-order valence-electron chi connectivity index (χ0n) is 12.8. The average molecular weight is 455 g/mol. The van der Waals surface area contributed by atoms with Crippen LogP contribution >= 0.6 is 38.6 Å². The highest BCUT2D eigenvalue weighted by atomic mass is 79.9. The molecule has 0 radical (unpaired) electrons. The van der Waals surface area contributed by atoms with E-state index >= 15 is 0 Å². The number of aryl methyl sites for hydroxylation is 1. The molecule has 0 unspecified atom stereocenters. The van der Waals surface area contributed by atoms with Crippen molar-refractivity contribution in [3.8, 4) is 9.75 Å². The number of hydrogen-bond acceptors (Lipinski definition) is 6. The highest BCUT2D eigenvalue weighted by molar-refractivity contribution is 9.10. The van der Waals surface area contributed by atoms with E-state index in [0.717, 1.165) is 15.1 Å². The third-order valence-electron chi connectivity index (χ3n) is 3.57. The van der Waals surface area contributed by atoms with Gasteiger partial charge in [0.2, 0.25) is 0 Å². The Kier molecular flexibility index (Phi) is 4.19. The maximum absolute atomic E-state index is 12.6. The van der Waals surface area contributed by atoms with Gasteiger partial charge in [0.25, 0.3) is 15.9 Å². The Hall–Kier alpha value is -1.68. The van der Waals surface area contributed by atoms with Gasteiger partial charge in [-0.2, -0.15) is 0 Å². The zero-order valence-corrected chi connectivity index (χ0v) is 16.9. The van der Waals surface area contributed by atoms with Crippen molar-refractivity contribution in [3.05, 3.63) is 51.9 Å². The van der Waals surface area contributed by atoms with Crippen molar-refractivity contribution in [2.45, 2.75) is 11.8 Å². The van der Waals surface area contributed by atoms with Crippen LogP contribution < -0.4 is 4.72 Å². The third kappa shape index (κ3) is 3.12. The van der Waals surface area contributed by atoms with E-state index in [1.165, 1.54) is 16.0 Å². The minimum absolute atomic E-state index is 0.0760. The molecule has 4 aromatic rings. The van der Waals surface area contributed by atoms with E-state index in [9.17, 15) is 8.42 Å². The Bertz CT molecular complexity index is 1140. The predicted molar refractivity (Wildman–Crippen MR) is 105 cm³/mol. The maximum atomic E-state index is 12.6. The maximum Gasteiger partial charge on any atom is 0.265 e. The molecule has 1 aromatic carbocycles. The van der Waals surface area contributed by atoms with Gasteiger partial charge in [0.1, 0.15) is 4.47 Å². The third-order valence-corrected chi connectivity index (χ3v) is 8.21. The predicted octanol–water partition coefficient (Wildman–Crippen LogP) is 5.49. The topological polar surface area (TPSA) is 72.2 Å². The molecule has 25 heavy (non-hydrogen) atoms. The van der Waals surface area contributed by atoms with Crippen LogP contribution in [0, 0.1) is 6.92 Å². The number of halogens is 1. The number of thiophene rings is 2. The van der Waals surface area contributed by atoms with Crippen LogP contribution in [0.25, 0.3) is 19.8 Å². The summed E-state index contributed by atoms with van der Waals surface area (Å²) in [6.45, 7) is 1.72. The number of fused-ring (bicyclic) bond motifs is 1. The number of rotatable bonds is 4. The molecule has 9 heteroatoms. The van der Waals surface area contributed by atoms with Gasteiger partial charge in [-0.3, -0.25) is 0 Å². The van der Waals surface area contributed by atoms with Crippen molar-refractivity contribution < 1.29 is 12.9 Å². The molecule has 4 rings (SSSR count). The molecule has 0 aliphatic heterocycles. The van der Waals surface area contributed by atoms with Gasteiger partial charge in [0, 0.05) is 19.8 Å². The Morgan fingerprint density at radius 2 is 2.00 bits per heavy atom. The summed E-state index contributed by atoms with van der Waals surface area (Å²) in [7, 11) is -3.74. The minimum atomic E-state index is -3.74. The largest absolute Gasteiger partial charge is 0.336 e. The summed E-state index contributed by atoms with van der Waals surface area (Å²) in [5.74, 6) is 0.0760. The van der Waals surface area contributed by atoms with Gasteiger partial charge in [0.05, 0.1) is 10.6 Å². The summed E-state index contributed by atoms with van der Waals surface area (Å²) in [6.07, 6.45) is 0. The second-order valence-electron chi connectivity index (χ2n) is 5.31. The van der Waals surface area contributed by atoms with Crippen LogP contribution in [-0.2, 0) is 10.0 Å². The molecule has 0 saturated carbocycles. The summed E-state index contributed by atoms with van der Waals surface area (Å²) >= 11 is 6.30. The Morgan fingerprint density at radius 1 is 1.20 bits per heavy atom. The van der Waals surface area contributed by atoms with E-state index in [-0.39, 0.29) is 10.8 Å². The highest BCUT2D eigenvalue weighted by Gasteiger charge is 2.22. The zero-order chi connectivity index (χ0) is 17.6. The van der Waals surface area contributed by atoms with Crippen molar-refractivity contribution in [1.29, 1.82) is 0 Å². The molecule has 1 N–H and O–H groups in total. The van der Waals surface area contributed by atoms with Gasteiger partial charge in [-0.1, -0.05) is 23.4 Å². The van der Waals surface area contributed by atoms with Gasteiger partial charge < -0.3 is 4.52 Å². The normalized spacial score (nSPS) is 11.9. The van der Waals surface area contributed by atoms with Crippen molar-refractivity contribution >= 4 is 64.6 Å². The second-order valence-corrected chi connectivity index (χ2v) is 9.78. The van der Waals surface area contributed by atoms with Gasteiger partial charge in [-0.25, -0.2) is 13.1 Å². The standard InChI is InChI=1S/C16H11BrN2O3S3/c1-9-15(17)16(22-18-9)19-25(20,21)11-7-13(23-8-11)14-6-10-4-2-3-5-12(10)24-14/h2-8,19H,1H3. The van der Waals surface area contributed by atoms with E-state index in [1.807, 2.05) is 18.2 Å². The van der Waals surface area contributed by atoms with Crippen LogP contribution in [-0.4, -0.2) is 13.6 Å². The van der Waals surface area contributed by atoms with E-state index in [1.54, 1.807) is 29.7 Å². The lowest BCUT2D eigenvalue weighted by Gasteiger charge is -2.02. The minimum Gasteiger partial charge on any atom is -0.336 e. The highest BCUT2D eigenvalue weighted by Crippen LogP contribution is 2.38. The van der Waals surface area contributed by atoms with Crippen LogP contribution in [0.4, 0.5) is 5.88 Å². The molecule has 0 spiro atoms. The van der Waals surface area contributed by atoms with Crippen LogP contribution in [0.3, 0.4) is 0 Å². The number of nitrogens with zero attached hydrogens (tertiary/aromatic N) is 1. The molecular weight excluding hydrogens is 444 g/mol.